The lowest BCUT2D eigenvalue weighted by Crippen LogP contribution is -2.31. The topological polar surface area (TPSA) is 91.6 Å². The number of nitrogens with zero attached hydrogens (tertiary/aromatic N) is 1. The first kappa shape index (κ1) is 16.6. The van der Waals surface area contributed by atoms with Gasteiger partial charge in [-0.2, -0.15) is 0 Å². The molecule has 0 fully saturated rings. The van der Waals surface area contributed by atoms with E-state index in [2.05, 4.69) is 5.32 Å². The zero-order valence-electron chi connectivity index (χ0n) is 13.9. The minimum atomic E-state index is -1.13. The number of dihydropyridines is 1. The summed E-state index contributed by atoms with van der Waals surface area (Å²) in [5.41, 5.74) is 2.46. The Hall–Kier alpha value is -3.28. The van der Waals surface area contributed by atoms with Crippen molar-refractivity contribution in [3.8, 4) is 5.69 Å². The molecule has 0 atom stereocenters. The zero-order valence-corrected chi connectivity index (χ0v) is 13.9. The molecule has 128 valence electrons. The molecule has 6 nitrogen and oxygen atoms in total. The number of carboxylic acids is 2. The first-order valence-electron chi connectivity index (χ1n) is 7.78. The highest BCUT2D eigenvalue weighted by Crippen LogP contribution is 2.38. The number of rotatable bonds is 4. The second-order valence-electron chi connectivity index (χ2n) is 5.93. The summed E-state index contributed by atoms with van der Waals surface area (Å²) in [7, 11) is 0. The summed E-state index contributed by atoms with van der Waals surface area (Å²) in [6, 6.07) is 11.0. The van der Waals surface area contributed by atoms with E-state index in [0.717, 1.165) is 5.69 Å². The number of hydrogen-bond acceptors (Lipinski definition) is 3. The van der Waals surface area contributed by atoms with Crippen LogP contribution in [0.25, 0.3) is 5.69 Å². The molecule has 2 heterocycles. The summed E-state index contributed by atoms with van der Waals surface area (Å²) in [5.74, 6) is -3.10. The van der Waals surface area contributed by atoms with Crippen LogP contribution in [0.1, 0.15) is 25.3 Å². The van der Waals surface area contributed by atoms with Gasteiger partial charge in [0.2, 0.25) is 0 Å². The van der Waals surface area contributed by atoms with E-state index in [1.165, 1.54) is 0 Å². The van der Waals surface area contributed by atoms with Gasteiger partial charge in [0.15, 0.2) is 0 Å². The molecular weight excluding hydrogens is 320 g/mol. The molecule has 0 unspecified atom stereocenters. The number of aliphatic carboxylic acids is 2. The molecule has 1 aromatic carbocycles. The molecule has 0 bridgehead atoms. The van der Waals surface area contributed by atoms with E-state index < -0.39 is 17.9 Å². The van der Waals surface area contributed by atoms with Crippen molar-refractivity contribution in [2.45, 2.75) is 19.8 Å². The maximum atomic E-state index is 11.8. The summed E-state index contributed by atoms with van der Waals surface area (Å²) in [6.45, 7) is 3.29. The average Bonchev–Trinajstić information content (AvgIpc) is 3.07. The second-order valence-corrected chi connectivity index (χ2v) is 5.93. The smallest absolute Gasteiger partial charge is 0.334 e. The van der Waals surface area contributed by atoms with E-state index in [9.17, 15) is 19.8 Å². The molecular formula is C19H18N2O4. The lowest BCUT2D eigenvalue weighted by Gasteiger charge is -2.29. The number of benzene rings is 1. The summed E-state index contributed by atoms with van der Waals surface area (Å²) in [5, 5.41) is 22.2. The van der Waals surface area contributed by atoms with Gasteiger partial charge in [-0.1, -0.05) is 12.1 Å². The van der Waals surface area contributed by atoms with Gasteiger partial charge in [0.1, 0.15) is 0 Å². The second kappa shape index (κ2) is 6.32. The van der Waals surface area contributed by atoms with E-state index in [1.54, 1.807) is 26.0 Å². The first-order chi connectivity index (χ1) is 11.9. The van der Waals surface area contributed by atoms with Crippen molar-refractivity contribution in [3.63, 3.8) is 0 Å². The highest BCUT2D eigenvalue weighted by molar-refractivity contribution is 5.98. The number of hydrogen-bond donors (Lipinski definition) is 3. The quantitative estimate of drug-likeness (QED) is 0.797. The summed E-state index contributed by atoms with van der Waals surface area (Å²) >= 11 is 0. The summed E-state index contributed by atoms with van der Waals surface area (Å²) in [4.78, 5) is 23.6. The molecule has 1 aliphatic rings. The number of carbonyl (C=O) groups is 2. The number of carboxylic acid groups (broad SMARTS) is 2. The largest absolute Gasteiger partial charge is 0.478 e. The Labute approximate surface area is 144 Å². The van der Waals surface area contributed by atoms with Gasteiger partial charge in [0, 0.05) is 29.5 Å². The fourth-order valence-corrected chi connectivity index (χ4v) is 3.27. The fourth-order valence-electron chi connectivity index (χ4n) is 3.27. The van der Waals surface area contributed by atoms with E-state index in [0.29, 0.717) is 17.0 Å². The van der Waals surface area contributed by atoms with Crippen LogP contribution >= 0.6 is 0 Å². The van der Waals surface area contributed by atoms with Crippen molar-refractivity contribution in [1.29, 1.82) is 0 Å². The molecule has 0 saturated carbocycles. The van der Waals surface area contributed by atoms with Crippen LogP contribution < -0.4 is 5.32 Å². The van der Waals surface area contributed by atoms with E-state index in [4.69, 9.17) is 0 Å². The SMILES string of the molecule is CC1=C(C(=O)O)C(c2cccc(-n3cccc3)c2)C(C(=O)O)=C(C)N1. The molecule has 0 saturated heterocycles. The van der Waals surface area contributed by atoms with Crippen molar-refractivity contribution in [3.05, 3.63) is 76.9 Å². The standard InChI is InChI=1S/C19H18N2O4/c1-11-15(18(22)23)17(16(19(24)25)12(2)20-11)13-6-5-7-14(10-13)21-8-3-4-9-21/h3-10,17,20H,1-2H3,(H,22,23)(H,24,25). The highest BCUT2D eigenvalue weighted by atomic mass is 16.4. The van der Waals surface area contributed by atoms with Gasteiger partial charge in [0.25, 0.3) is 0 Å². The van der Waals surface area contributed by atoms with Crippen LogP contribution in [0, 0.1) is 0 Å². The minimum Gasteiger partial charge on any atom is -0.478 e. The molecule has 3 N–H and O–H groups in total. The molecule has 6 heteroatoms. The predicted octanol–water partition coefficient (Wildman–Crippen LogP) is 2.88. The minimum absolute atomic E-state index is 0.0488. The van der Waals surface area contributed by atoms with Crippen LogP contribution in [0.4, 0.5) is 0 Å². The van der Waals surface area contributed by atoms with Crippen LogP contribution in [-0.2, 0) is 9.59 Å². The lowest BCUT2D eigenvalue weighted by molar-refractivity contribution is -0.133. The lowest BCUT2D eigenvalue weighted by atomic mass is 9.80. The molecule has 1 aromatic heterocycles. The average molecular weight is 338 g/mol. The summed E-state index contributed by atoms with van der Waals surface area (Å²) < 4.78 is 1.89. The molecule has 0 spiro atoms. The predicted molar refractivity (Wildman–Crippen MR) is 92.3 cm³/mol. The maximum absolute atomic E-state index is 11.8. The number of nitrogens with one attached hydrogen (secondary N) is 1. The molecule has 3 rings (SSSR count). The van der Waals surface area contributed by atoms with Crippen molar-refractivity contribution < 1.29 is 19.8 Å². The van der Waals surface area contributed by atoms with Crippen molar-refractivity contribution >= 4 is 11.9 Å². The third-order valence-electron chi connectivity index (χ3n) is 4.33. The monoisotopic (exact) mass is 338 g/mol. The normalized spacial score (nSPS) is 15.3. The fraction of sp³-hybridized carbons (Fsp3) is 0.158. The van der Waals surface area contributed by atoms with E-state index >= 15 is 0 Å². The van der Waals surface area contributed by atoms with Gasteiger partial charge in [-0.3, -0.25) is 0 Å². The first-order valence-corrected chi connectivity index (χ1v) is 7.78. The molecule has 0 radical (unpaired) electrons. The third-order valence-corrected chi connectivity index (χ3v) is 4.33. The Morgan fingerprint density at radius 3 is 2.04 bits per heavy atom. The number of aromatic nitrogens is 1. The van der Waals surface area contributed by atoms with E-state index in [-0.39, 0.29) is 11.1 Å². The molecule has 1 aliphatic heterocycles. The van der Waals surface area contributed by atoms with E-state index in [1.807, 2.05) is 41.2 Å². The van der Waals surface area contributed by atoms with Crippen molar-refractivity contribution in [2.75, 3.05) is 0 Å². The highest BCUT2D eigenvalue weighted by Gasteiger charge is 2.36. The Morgan fingerprint density at radius 2 is 1.52 bits per heavy atom. The van der Waals surface area contributed by atoms with Crippen LogP contribution in [-0.4, -0.2) is 26.7 Å². The number of allylic oxidation sites excluding steroid dienone is 2. The molecule has 2 aromatic rings. The van der Waals surface area contributed by atoms with Crippen LogP contribution in [0.3, 0.4) is 0 Å². The zero-order chi connectivity index (χ0) is 18.1. The van der Waals surface area contributed by atoms with Crippen molar-refractivity contribution in [1.82, 2.24) is 9.88 Å². The Kier molecular flexibility index (Phi) is 4.19. The van der Waals surface area contributed by atoms with Crippen LogP contribution in [0.2, 0.25) is 0 Å². The van der Waals surface area contributed by atoms with Gasteiger partial charge in [-0.25, -0.2) is 9.59 Å². The van der Waals surface area contributed by atoms with Crippen LogP contribution in [0.15, 0.2) is 71.3 Å². The van der Waals surface area contributed by atoms with Crippen LogP contribution in [0.5, 0.6) is 0 Å². The van der Waals surface area contributed by atoms with Crippen molar-refractivity contribution in [2.24, 2.45) is 0 Å². The Bertz CT molecular complexity index is 871. The maximum Gasteiger partial charge on any atom is 0.334 e. The van der Waals surface area contributed by atoms with Gasteiger partial charge in [-0.15, -0.1) is 0 Å². The third kappa shape index (κ3) is 2.94. The Balaban J connectivity index is 2.20. The molecule has 0 amide bonds. The van der Waals surface area contributed by atoms with Gasteiger partial charge >= 0.3 is 11.9 Å². The summed E-state index contributed by atoms with van der Waals surface area (Å²) in [6.07, 6.45) is 3.75. The van der Waals surface area contributed by atoms with Gasteiger partial charge < -0.3 is 20.1 Å². The Morgan fingerprint density at radius 1 is 0.960 bits per heavy atom. The van der Waals surface area contributed by atoms with Gasteiger partial charge in [-0.05, 0) is 43.7 Å². The molecule has 0 aliphatic carbocycles. The van der Waals surface area contributed by atoms with Gasteiger partial charge in [0.05, 0.1) is 17.1 Å². The molecule has 25 heavy (non-hydrogen) atoms.